The number of anilines is 1. The zero-order valence-electron chi connectivity index (χ0n) is 17.2. The van der Waals surface area contributed by atoms with Crippen LogP contribution in [0.15, 0.2) is 48.5 Å². The number of rotatable bonds is 8. The standard InChI is InChI=1S/C23H30N2O3/c1-23(2,3)22(27)24-14-8-11-21(26)25-19-12-13-20(28-4)18(16-19)15-17-9-6-5-7-10-17/h5-7,9-10,12-13,16H,8,11,14-15H2,1-4H3,(H,24,27)(H,25,26). The van der Waals surface area contributed by atoms with E-state index in [2.05, 4.69) is 22.8 Å². The molecule has 0 aromatic heterocycles. The molecule has 0 aliphatic carbocycles. The smallest absolute Gasteiger partial charge is 0.225 e. The summed E-state index contributed by atoms with van der Waals surface area (Å²) < 4.78 is 5.45. The van der Waals surface area contributed by atoms with Crippen LogP contribution in [0.2, 0.25) is 0 Å². The molecule has 5 heteroatoms. The largest absolute Gasteiger partial charge is 0.496 e. The van der Waals surface area contributed by atoms with Crippen molar-refractivity contribution in [3.8, 4) is 5.75 Å². The number of carbonyl (C=O) groups excluding carboxylic acids is 2. The van der Waals surface area contributed by atoms with Crippen LogP contribution in [0.3, 0.4) is 0 Å². The fraction of sp³-hybridized carbons (Fsp3) is 0.391. The summed E-state index contributed by atoms with van der Waals surface area (Å²) >= 11 is 0. The predicted molar refractivity (Wildman–Crippen MR) is 113 cm³/mol. The van der Waals surface area contributed by atoms with Gasteiger partial charge in [-0.15, -0.1) is 0 Å². The molecule has 0 aliphatic heterocycles. The SMILES string of the molecule is COc1ccc(NC(=O)CCCNC(=O)C(C)(C)C)cc1Cc1ccccc1. The maximum Gasteiger partial charge on any atom is 0.225 e. The Balaban J connectivity index is 1.90. The number of hydrogen-bond donors (Lipinski definition) is 2. The molecule has 0 unspecified atom stereocenters. The fourth-order valence-electron chi connectivity index (χ4n) is 2.75. The Labute approximate surface area is 167 Å². The van der Waals surface area contributed by atoms with Crippen molar-refractivity contribution in [1.82, 2.24) is 5.32 Å². The highest BCUT2D eigenvalue weighted by Crippen LogP contribution is 2.25. The van der Waals surface area contributed by atoms with Crippen molar-refractivity contribution >= 4 is 17.5 Å². The van der Waals surface area contributed by atoms with E-state index >= 15 is 0 Å². The van der Waals surface area contributed by atoms with E-state index < -0.39 is 5.41 Å². The first kappa shape index (κ1) is 21.5. The van der Waals surface area contributed by atoms with Crippen LogP contribution in [0.4, 0.5) is 5.69 Å². The number of ether oxygens (including phenoxy) is 1. The zero-order chi connectivity index (χ0) is 20.6. The lowest BCUT2D eigenvalue weighted by Gasteiger charge is -2.17. The summed E-state index contributed by atoms with van der Waals surface area (Å²) in [6.07, 6.45) is 1.68. The highest BCUT2D eigenvalue weighted by atomic mass is 16.5. The molecule has 0 spiro atoms. The minimum Gasteiger partial charge on any atom is -0.496 e. The first-order chi connectivity index (χ1) is 13.3. The van der Waals surface area contributed by atoms with Crippen LogP contribution in [-0.4, -0.2) is 25.5 Å². The van der Waals surface area contributed by atoms with Crippen molar-refractivity contribution in [2.24, 2.45) is 5.41 Å². The second-order valence-corrected chi connectivity index (χ2v) is 7.85. The van der Waals surface area contributed by atoms with Gasteiger partial charge in [0.05, 0.1) is 7.11 Å². The second kappa shape index (κ2) is 9.93. The molecule has 0 radical (unpaired) electrons. The van der Waals surface area contributed by atoms with Crippen molar-refractivity contribution in [3.05, 3.63) is 59.7 Å². The number of nitrogens with one attached hydrogen (secondary N) is 2. The average molecular weight is 383 g/mol. The number of carbonyl (C=O) groups is 2. The third-order valence-corrected chi connectivity index (χ3v) is 4.35. The van der Waals surface area contributed by atoms with Crippen LogP contribution in [0.5, 0.6) is 5.75 Å². The molecule has 0 saturated carbocycles. The Bertz CT molecular complexity index is 795. The molecule has 0 heterocycles. The Kier molecular flexibility index (Phi) is 7.61. The monoisotopic (exact) mass is 382 g/mol. The fourth-order valence-corrected chi connectivity index (χ4v) is 2.75. The van der Waals surface area contributed by atoms with E-state index in [9.17, 15) is 9.59 Å². The van der Waals surface area contributed by atoms with E-state index in [-0.39, 0.29) is 11.8 Å². The van der Waals surface area contributed by atoms with Crippen molar-refractivity contribution in [2.75, 3.05) is 19.0 Å². The predicted octanol–water partition coefficient (Wildman–Crippen LogP) is 4.17. The normalized spacial score (nSPS) is 11.0. The van der Waals surface area contributed by atoms with Crippen molar-refractivity contribution in [1.29, 1.82) is 0 Å². The molecule has 2 aromatic rings. The van der Waals surface area contributed by atoms with Gasteiger partial charge in [0.15, 0.2) is 0 Å². The van der Waals surface area contributed by atoms with E-state index in [0.717, 1.165) is 23.4 Å². The molecule has 2 rings (SSSR count). The summed E-state index contributed by atoms with van der Waals surface area (Å²) in [6, 6.07) is 15.8. The highest BCUT2D eigenvalue weighted by molar-refractivity contribution is 5.91. The Morgan fingerprint density at radius 1 is 1.04 bits per heavy atom. The van der Waals surface area contributed by atoms with Crippen molar-refractivity contribution < 1.29 is 14.3 Å². The Morgan fingerprint density at radius 3 is 2.39 bits per heavy atom. The summed E-state index contributed by atoms with van der Waals surface area (Å²) in [6.45, 7) is 6.09. The average Bonchev–Trinajstić information content (AvgIpc) is 2.65. The number of amides is 2. The minimum atomic E-state index is -0.416. The van der Waals surface area contributed by atoms with E-state index in [1.807, 2.05) is 57.2 Å². The summed E-state index contributed by atoms with van der Waals surface area (Å²) in [7, 11) is 1.65. The molecule has 28 heavy (non-hydrogen) atoms. The van der Waals surface area contributed by atoms with E-state index in [1.54, 1.807) is 7.11 Å². The molecular weight excluding hydrogens is 352 g/mol. The minimum absolute atomic E-state index is 0.00591. The van der Waals surface area contributed by atoms with Gasteiger partial charge in [0.2, 0.25) is 11.8 Å². The molecule has 2 amide bonds. The van der Waals surface area contributed by atoms with E-state index in [0.29, 0.717) is 19.4 Å². The van der Waals surface area contributed by atoms with Crippen LogP contribution in [0, 0.1) is 5.41 Å². The first-order valence-electron chi connectivity index (χ1n) is 9.58. The molecule has 0 bridgehead atoms. The first-order valence-corrected chi connectivity index (χ1v) is 9.58. The zero-order valence-corrected chi connectivity index (χ0v) is 17.2. The summed E-state index contributed by atoms with van der Waals surface area (Å²) in [5.41, 5.74) is 2.53. The molecule has 0 aliphatic rings. The van der Waals surface area contributed by atoms with Crippen LogP contribution in [-0.2, 0) is 16.0 Å². The highest BCUT2D eigenvalue weighted by Gasteiger charge is 2.20. The van der Waals surface area contributed by atoms with E-state index in [4.69, 9.17) is 4.74 Å². The second-order valence-electron chi connectivity index (χ2n) is 7.85. The van der Waals surface area contributed by atoms with Crippen molar-refractivity contribution in [3.63, 3.8) is 0 Å². The Morgan fingerprint density at radius 2 is 1.75 bits per heavy atom. The van der Waals surface area contributed by atoms with Gasteiger partial charge in [-0.25, -0.2) is 0 Å². The van der Waals surface area contributed by atoms with Gasteiger partial charge in [-0.2, -0.15) is 0 Å². The summed E-state index contributed by atoms with van der Waals surface area (Å²) in [5, 5.41) is 5.79. The van der Waals surface area contributed by atoms with Crippen LogP contribution in [0.1, 0.15) is 44.7 Å². The van der Waals surface area contributed by atoms with Gasteiger partial charge in [-0.3, -0.25) is 9.59 Å². The van der Waals surface area contributed by atoms with Crippen LogP contribution in [0.25, 0.3) is 0 Å². The maximum atomic E-state index is 12.2. The third kappa shape index (κ3) is 6.72. The molecule has 0 saturated heterocycles. The van der Waals surface area contributed by atoms with Gasteiger partial charge < -0.3 is 15.4 Å². The lowest BCUT2D eigenvalue weighted by Crippen LogP contribution is -2.35. The van der Waals surface area contributed by atoms with Gasteiger partial charge in [0.1, 0.15) is 5.75 Å². The van der Waals surface area contributed by atoms with Gasteiger partial charge in [0, 0.05) is 36.1 Å². The number of methoxy groups -OCH3 is 1. The summed E-state index contributed by atoms with van der Waals surface area (Å²) in [5.74, 6) is 0.723. The third-order valence-electron chi connectivity index (χ3n) is 4.35. The molecule has 0 fully saturated rings. The lowest BCUT2D eigenvalue weighted by atomic mass is 9.96. The maximum absolute atomic E-state index is 12.2. The lowest BCUT2D eigenvalue weighted by molar-refractivity contribution is -0.128. The summed E-state index contributed by atoms with van der Waals surface area (Å²) in [4.78, 5) is 24.0. The molecule has 0 atom stereocenters. The number of benzene rings is 2. The van der Waals surface area contributed by atoms with Crippen molar-refractivity contribution in [2.45, 2.75) is 40.0 Å². The topological polar surface area (TPSA) is 67.4 Å². The quantitative estimate of drug-likeness (QED) is 0.674. The van der Waals surface area contributed by atoms with Crippen LogP contribution >= 0.6 is 0 Å². The van der Waals surface area contributed by atoms with Gasteiger partial charge in [-0.1, -0.05) is 51.1 Å². The van der Waals surface area contributed by atoms with Crippen LogP contribution < -0.4 is 15.4 Å². The van der Waals surface area contributed by atoms with Gasteiger partial charge >= 0.3 is 0 Å². The Hall–Kier alpha value is -2.82. The van der Waals surface area contributed by atoms with Gasteiger partial charge in [-0.05, 0) is 30.2 Å². The molecular formula is C23H30N2O3. The molecule has 150 valence electrons. The van der Waals surface area contributed by atoms with E-state index in [1.165, 1.54) is 5.56 Å². The van der Waals surface area contributed by atoms with Gasteiger partial charge in [0.25, 0.3) is 0 Å². The molecule has 2 aromatic carbocycles. The number of hydrogen-bond acceptors (Lipinski definition) is 3. The molecule has 5 nitrogen and oxygen atoms in total. The molecule has 2 N–H and O–H groups in total.